The van der Waals surface area contributed by atoms with E-state index in [2.05, 4.69) is 29.1 Å². The summed E-state index contributed by atoms with van der Waals surface area (Å²) in [7, 11) is 1.88. The van der Waals surface area contributed by atoms with Crippen molar-refractivity contribution in [3.8, 4) is 0 Å². The van der Waals surface area contributed by atoms with E-state index in [1.807, 2.05) is 13.2 Å². The second-order valence-corrected chi connectivity index (χ2v) is 5.54. The molecule has 0 aliphatic carbocycles. The number of alkyl halides is 1. The lowest BCUT2D eigenvalue weighted by Crippen LogP contribution is -2.23. The third-order valence-corrected chi connectivity index (χ3v) is 3.66. The molecule has 1 aromatic rings. The number of nitrogens with zero attached hydrogens (tertiary/aromatic N) is 4. The predicted molar refractivity (Wildman–Crippen MR) is 59.7 cm³/mol. The van der Waals surface area contributed by atoms with E-state index in [1.54, 1.807) is 4.68 Å². The summed E-state index contributed by atoms with van der Waals surface area (Å²) < 4.78 is 1.73. The van der Waals surface area contributed by atoms with Gasteiger partial charge in [-0.05, 0) is 5.41 Å². The normalized spacial score (nSPS) is 26.0. The van der Waals surface area contributed by atoms with E-state index < -0.39 is 0 Å². The van der Waals surface area contributed by atoms with Gasteiger partial charge in [-0.3, -0.25) is 9.58 Å². The molecule has 1 aliphatic rings. The predicted octanol–water partition coefficient (Wildman–Crippen LogP) is 1.26. The Morgan fingerprint density at radius 2 is 2.33 bits per heavy atom. The number of hydrogen-bond donors (Lipinski definition) is 0. The molecule has 4 nitrogen and oxygen atoms in total. The fourth-order valence-corrected chi connectivity index (χ4v) is 2.30. The van der Waals surface area contributed by atoms with Gasteiger partial charge in [0.2, 0.25) is 0 Å². The third kappa shape index (κ3) is 2.32. The maximum absolute atomic E-state index is 6.29. The Kier molecular flexibility index (Phi) is 2.73. The zero-order chi connectivity index (χ0) is 11.1. The summed E-state index contributed by atoms with van der Waals surface area (Å²) >= 11 is 6.29. The van der Waals surface area contributed by atoms with Crippen molar-refractivity contribution in [3.05, 3.63) is 11.9 Å². The Balaban J connectivity index is 1.98. The number of halogens is 1. The highest BCUT2D eigenvalue weighted by Gasteiger charge is 2.37. The molecule has 0 saturated carbocycles. The number of likely N-dealkylation sites (tertiary alicyclic amines) is 1. The largest absolute Gasteiger partial charge is 0.295 e. The van der Waals surface area contributed by atoms with Crippen LogP contribution in [-0.2, 0) is 13.6 Å². The van der Waals surface area contributed by atoms with E-state index in [-0.39, 0.29) is 10.8 Å². The molecule has 0 radical (unpaired) electrons. The summed E-state index contributed by atoms with van der Waals surface area (Å²) in [6.45, 7) is 7.23. The first-order valence-corrected chi connectivity index (χ1v) is 5.63. The molecule has 5 heteroatoms. The van der Waals surface area contributed by atoms with Crippen LogP contribution in [0.25, 0.3) is 0 Å². The third-order valence-electron chi connectivity index (χ3n) is 2.93. The van der Waals surface area contributed by atoms with E-state index in [0.29, 0.717) is 0 Å². The average molecular weight is 229 g/mol. The van der Waals surface area contributed by atoms with E-state index in [1.165, 1.54) is 0 Å². The van der Waals surface area contributed by atoms with Crippen molar-refractivity contribution < 1.29 is 0 Å². The van der Waals surface area contributed by atoms with Gasteiger partial charge >= 0.3 is 0 Å². The molecule has 0 spiro atoms. The molecule has 0 N–H and O–H groups in total. The van der Waals surface area contributed by atoms with Gasteiger partial charge in [-0.2, -0.15) is 0 Å². The van der Waals surface area contributed by atoms with Crippen LogP contribution in [0.4, 0.5) is 0 Å². The Labute approximate surface area is 95.2 Å². The Bertz CT molecular complexity index is 347. The van der Waals surface area contributed by atoms with Crippen molar-refractivity contribution >= 4 is 11.6 Å². The van der Waals surface area contributed by atoms with Crippen molar-refractivity contribution in [1.29, 1.82) is 0 Å². The summed E-state index contributed by atoms with van der Waals surface area (Å²) in [5, 5.41) is 8.23. The smallest absolute Gasteiger partial charge is 0.0967 e. The first-order chi connectivity index (χ1) is 6.97. The van der Waals surface area contributed by atoms with Crippen molar-refractivity contribution in [1.82, 2.24) is 19.9 Å². The molecule has 0 aromatic carbocycles. The lowest BCUT2D eigenvalue weighted by molar-refractivity contribution is 0.282. The first-order valence-electron chi connectivity index (χ1n) is 5.19. The highest BCUT2D eigenvalue weighted by atomic mass is 35.5. The summed E-state index contributed by atoms with van der Waals surface area (Å²) in [4.78, 5) is 2.34. The van der Waals surface area contributed by atoms with E-state index in [9.17, 15) is 0 Å². The molecule has 1 atom stereocenters. The SMILES string of the molecule is Cn1cc(CN2CC(Cl)C(C)(C)C2)nn1. The molecule has 0 amide bonds. The van der Waals surface area contributed by atoms with E-state index in [4.69, 9.17) is 11.6 Å². The zero-order valence-electron chi connectivity index (χ0n) is 9.44. The monoisotopic (exact) mass is 228 g/mol. The van der Waals surface area contributed by atoms with Crippen LogP contribution in [-0.4, -0.2) is 38.4 Å². The van der Waals surface area contributed by atoms with Crippen molar-refractivity contribution in [2.45, 2.75) is 25.8 Å². The lowest BCUT2D eigenvalue weighted by atomic mass is 9.92. The zero-order valence-corrected chi connectivity index (χ0v) is 10.2. The van der Waals surface area contributed by atoms with E-state index in [0.717, 1.165) is 25.3 Å². The maximum Gasteiger partial charge on any atom is 0.0967 e. The molecular weight excluding hydrogens is 212 g/mol. The fourth-order valence-electron chi connectivity index (χ4n) is 2.03. The van der Waals surface area contributed by atoms with Crippen LogP contribution in [0.3, 0.4) is 0 Å². The maximum atomic E-state index is 6.29. The van der Waals surface area contributed by atoms with E-state index >= 15 is 0 Å². The van der Waals surface area contributed by atoms with Gasteiger partial charge in [0.15, 0.2) is 0 Å². The standard InChI is InChI=1S/C10H17ClN4/c1-10(2)7-15(6-9(10)11)5-8-4-14(3)13-12-8/h4,9H,5-7H2,1-3H3. The molecule has 15 heavy (non-hydrogen) atoms. The quantitative estimate of drug-likeness (QED) is 0.715. The van der Waals surface area contributed by atoms with Gasteiger partial charge in [0.05, 0.1) is 11.1 Å². The summed E-state index contributed by atoms with van der Waals surface area (Å²) in [5.74, 6) is 0. The van der Waals surface area contributed by atoms with Crippen LogP contribution in [0.1, 0.15) is 19.5 Å². The van der Waals surface area contributed by atoms with Gasteiger partial charge in [0.1, 0.15) is 0 Å². The van der Waals surface area contributed by atoms with Gasteiger partial charge in [0, 0.05) is 32.9 Å². The van der Waals surface area contributed by atoms with Crippen molar-refractivity contribution in [2.24, 2.45) is 12.5 Å². The van der Waals surface area contributed by atoms with Crippen molar-refractivity contribution in [3.63, 3.8) is 0 Å². The molecular formula is C10H17ClN4. The summed E-state index contributed by atoms with van der Waals surface area (Å²) in [5.41, 5.74) is 1.21. The molecule has 84 valence electrons. The molecule has 2 heterocycles. The minimum Gasteiger partial charge on any atom is -0.295 e. The minimum atomic E-state index is 0.198. The van der Waals surface area contributed by atoms with Gasteiger partial charge in [-0.1, -0.05) is 19.1 Å². The van der Waals surface area contributed by atoms with Crippen LogP contribution in [0, 0.1) is 5.41 Å². The van der Waals surface area contributed by atoms with Crippen LogP contribution in [0.5, 0.6) is 0 Å². The highest BCUT2D eigenvalue weighted by molar-refractivity contribution is 6.21. The first kappa shape index (κ1) is 10.9. The number of aromatic nitrogens is 3. The minimum absolute atomic E-state index is 0.198. The lowest BCUT2D eigenvalue weighted by Gasteiger charge is -2.20. The van der Waals surface area contributed by atoms with Crippen LogP contribution in [0.2, 0.25) is 0 Å². The van der Waals surface area contributed by atoms with Crippen molar-refractivity contribution in [2.75, 3.05) is 13.1 Å². The highest BCUT2D eigenvalue weighted by Crippen LogP contribution is 2.33. The Hall–Kier alpha value is -0.610. The second kappa shape index (κ2) is 3.76. The number of aryl methyl sites for hydroxylation is 1. The summed E-state index contributed by atoms with van der Waals surface area (Å²) in [6, 6.07) is 0. The number of hydrogen-bond acceptors (Lipinski definition) is 3. The Morgan fingerprint density at radius 3 is 2.80 bits per heavy atom. The molecule has 2 rings (SSSR count). The van der Waals surface area contributed by atoms with Crippen LogP contribution >= 0.6 is 11.6 Å². The van der Waals surface area contributed by atoms with Gasteiger partial charge in [0.25, 0.3) is 0 Å². The molecule has 1 saturated heterocycles. The second-order valence-electron chi connectivity index (χ2n) is 5.01. The summed E-state index contributed by atoms with van der Waals surface area (Å²) in [6.07, 6.45) is 1.95. The fraction of sp³-hybridized carbons (Fsp3) is 0.800. The van der Waals surface area contributed by atoms with Gasteiger partial charge in [-0.15, -0.1) is 16.7 Å². The Morgan fingerprint density at radius 1 is 1.60 bits per heavy atom. The topological polar surface area (TPSA) is 34.0 Å². The van der Waals surface area contributed by atoms with Gasteiger partial charge in [-0.25, -0.2) is 0 Å². The molecule has 0 bridgehead atoms. The average Bonchev–Trinajstić information content (AvgIpc) is 2.59. The van der Waals surface area contributed by atoms with Crippen LogP contribution < -0.4 is 0 Å². The number of rotatable bonds is 2. The molecule has 1 aromatic heterocycles. The molecule has 1 aliphatic heterocycles. The van der Waals surface area contributed by atoms with Crippen LogP contribution in [0.15, 0.2) is 6.20 Å². The molecule has 1 fully saturated rings. The molecule has 1 unspecified atom stereocenters. The van der Waals surface area contributed by atoms with Gasteiger partial charge < -0.3 is 0 Å².